The summed E-state index contributed by atoms with van der Waals surface area (Å²) in [6, 6.07) is 7.33. The fraction of sp³-hybridized carbons (Fsp3) is 0.300. The highest BCUT2D eigenvalue weighted by atomic mass is 35.5. The van der Waals surface area contributed by atoms with Crippen molar-refractivity contribution in [1.29, 1.82) is 0 Å². The van der Waals surface area contributed by atoms with Crippen molar-refractivity contribution in [3.63, 3.8) is 0 Å². The largest absolute Gasteiger partial charge is 0.382 e. The molecule has 0 aliphatic heterocycles. The number of carbonyl (C=O) groups is 1. The second-order valence-corrected chi connectivity index (χ2v) is 3.62. The molecule has 0 saturated heterocycles. The van der Waals surface area contributed by atoms with E-state index < -0.39 is 12.0 Å². The minimum atomic E-state index is -1.15. The SMILES string of the molecule is NC(=O)C(O)CNCc1cccc(Cl)c1. The predicted molar refractivity (Wildman–Crippen MR) is 58.4 cm³/mol. The summed E-state index contributed by atoms with van der Waals surface area (Å²) < 4.78 is 0. The van der Waals surface area contributed by atoms with E-state index in [1.54, 1.807) is 6.07 Å². The number of primary amides is 1. The molecule has 0 radical (unpaired) electrons. The highest BCUT2D eigenvalue weighted by Crippen LogP contribution is 2.09. The van der Waals surface area contributed by atoms with E-state index in [9.17, 15) is 4.79 Å². The molecule has 1 atom stereocenters. The van der Waals surface area contributed by atoms with E-state index in [0.717, 1.165) is 5.56 Å². The van der Waals surface area contributed by atoms with Gasteiger partial charge in [0, 0.05) is 18.1 Å². The van der Waals surface area contributed by atoms with Gasteiger partial charge in [0.15, 0.2) is 0 Å². The zero-order valence-electron chi connectivity index (χ0n) is 8.11. The molecule has 0 aromatic heterocycles. The van der Waals surface area contributed by atoms with Crippen LogP contribution in [0.25, 0.3) is 0 Å². The average Bonchev–Trinajstić information content (AvgIpc) is 2.17. The molecular formula is C10H13ClN2O2. The van der Waals surface area contributed by atoms with Crippen molar-refractivity contribution >= 4 is 17.5 Å². The lowest BCUT2D eigenvalue weighted by Crippen LogP contribution is -2.37. The molecule has 0 spiro atoms. The monoisotopic (exact) mass is 228 g/mol. The van der Waals surface area contributed by atoms with Gasteiger partial charge in [0.1, 0.15) is 6.10 Å². The van der Waals surface area contributed by atoms with Gasteiger partial charge in [-0.1, -0.05) is 23.7 Å². The number of aliphatic hydroxyl groups is 1. The Balaban J connectivity index is 2.35. The first kappa shape index (κ1) is 12.0. The van der Waals surface area contributed by atoms with Crippen LogP contribution in [0.3, 0.4) is 0 Å². The Bertz CT molecular complexity index is 344. The Hall–Kier alpha value is -1.10. The molecule has 1 aromatic rings. The van der Waals surface area contributed by atoms with Gasteiger partial charge in [-0.3, -0.25) is 4.79 Å². The fourth-order valence-corrected chi connectivity index (χ4v) is 1.31. The van der Waals surface area contributed by atoms with Gasteiger partial charge in [-0.15, -0.1) is 0 Å². The molecule has 0 fully saturated rings. The molecule has 0 bridgehead atoms. The van der Waals surface area contributed by atoms with Crippen LogP contribution < -0.4 is 11.1 Å². The van der Waals surface area contributed by atoms with Gasteiger partial charge < -0.3 is 16.2 Å². The minimum Gasteiger partial charge on any atom is -0.382 e. The minimum absolute atomic E-state index is 0.141. The maximum Gasteiger partial charge on any atom is 0.247 e. The first-order valence-corrected chi connectivity index (χ1v) is 4.90. The molecule has 15 heavy (non-hydrogen) atoms. The van der Waals surface area contributed by atoms with Crippen LogP contribution in [0.5, 0.6) is 0 Å². The Morgan fingerprint density at radius 1 is 1.60 bits per heavy atom. The van der Waals surface area contributed by atoms with Crippen molar-refractivity contribution in [1.82, 2.24) is 5.32 Å². The number of amides is 1. The van der Waals surface area contributed by atoms with Gasteiger partial charge >= 0.3 is 0 Å². The van der Waals surface area contributed by atoms with Gasteiger partial charge in [0.25, 0.3) is 0 Å². The molecule has 0 aliphatic rings. The van der Waals surface area contributed by atoms with E-state index in [4.69, 9.17) is 22.4 Å². The maximum absolute atomic E-state index is 10.5. The van der Waals surface area contributed by atoms with Gasteiger partial charge in [-0.05, 0) is 17.7 Å². The lowest BCUT2D eigenvalue weighted by molar-refractivity contribution is -0.125. The van der Waals surface area contributed by atoms with Crippen LogP contribution in [0.1, 0.15) is 5.56 Å². The zero-order valence-corrected chi connectivity index (χ0v) is 8.87. The molecule has 0 saturated carbocycles. The van der Waals surface area contributed by atoms with Crippen LogP contribution in [-0.2, 0) is 11.3 Å². The molecular weight excluding hydrogens is 216 g/mol. The van der Waals surface area contributed by atoms with Gasteiger partial charge in [0.05, 0.1) is 0 Å². The average molecular weight is 229 g/mol. The lowest BCUT2D eigenvalue weighted by atomic mass is 10.2. The van der Waals surface area contributed by atoms with Crippen LogP contribution >= 0.6 is 11.6 Å². The van der Waals surface area contributed by atoms with Gasteiger partial charge in [-0.25, -0.2) is 0 Å². The molecule has 82 valence electrons. The number of nitrogens with two attached hydrogens (primary N) is 1. The molecule has 4 nitrogen and oxygen atoms in total. The number of rotatable bonds is 5. The van der Waals surface area contributed by atoms with E-state index >= 15 is 0 Å². The number of hydrogen-bond donors (Lipinski definition) is 3. The molecule has 4 N–H and O–H groups in total. The summed E-state index contributed by atoms with van der Waals surface area (Å²) >= 11 is 5.79. The topological polar surface area (TPSA) is 75.4 Å². The molecule has 1 unspecified atom stereocenters. The Labute approximate surface area is 93.0 Å². The third kappa shape index (κ3) is 4.29. The summed E-state index contributed by atoms with van der Waals surface area (Å²) in [5, 5.41) is 12.7. The van der Waals surface area contributed by atoms with Gasteiger partial charge in [0.2, 0.25) is 5.91 Å². The summed E-state index contributed by atoms with van der Waals surface area (Å²) in [7, 11) is 0. The lowest BCUT2D eigenvalue weighted by Gasteiger charge is -2.08. The van der Waals surface area contributed by atoms with Crippen LogP contribution in [0.2, 0.25) is 5.02 Å². The Morgan fingerprint density at radius 3 is 2.93 bits per heavy atom. The van der Waals surface area contributed by atoms with Crippen LogP contribution in [0.4, 0.5) is 0 Å². The normalized spacial score (nSPS) is 12.4. The summed E-state index contributed by atoms with van der Waals surface area (Å²) in [5.41, 5.74) is 5.87. The summed E-state index contributed by atoms with van der Waals surface area (Å²) in [6.07, 6.45) is -1.15. The van der Waals surface area contributed by atoms with Crippen LogP contribution in [0.15, 0.2) is 24.3 Å². The third-order valence-corrected chi connectivity index (χ3v) is 2.12. The Morgan fingerprint density at radius 2 is 2.33 bits per heavy atom. The van der Waals surface area contributed by atoms with Crippen LogP contribution in [0, 0.1) is 0 Å². The standard InChI is InChI=1S/C10H13ClN2O2/c11-8-3-1-2-7(4-8)5-13-6-9(14)10(12)15/h1-4,9,13-14H,5-6H2,(H2,12,15). The molecule has 5 heteroatoms. The first-order valence-electron chi connectivity index (χ1n) is 4.52. The zero-order chi connectivity index (χ0) is 11.3. The number of aliphatic hydroxyl groups excluding tert-OH is 1. The fourth-order valence-electron chi connectivity index (χ4n) is 1.10. The van der Waals surface area contributed by atoms with Crippen molar-refractivity contribution in [3.05, 3.63) is 34.9 Å². The van der Waals surface area contributed by atoms with Crippen molar-refractivity contribution in [2.75, 3.05) is 6.54 Å². The third-order valence-electron chi connectivity index (χ3n) is 1.88. The van der Waals surface area contributed by atoms with Crippen molar-refractivity contribution in [2.45, 2.75) is 12.6 Å². The van der Waals surface area contributed by atoms with Crippen molar-refractivity contribution in [3.8, 4) is 0 Å². The molecule has 1 amide bonds. The van der Waals surface area contributed by atoms with E-state index in [0.29, 0.717) is 11.6 Å². The molecule has 1 aromatic carbocycles. The van der Waals surface area contributed by atoms with Crippen molar-refractivity contribution < 1.29 is 9.90 Å². The highest BCUT2D eigenvalue weighted by molar-refractivity contribution is 6.30. The quantitative estimate of drug-likeness (QED) is 0.678. The number of benzene rings is 1. The number of halogens is 1. The number of nitrogens with one attached hydrogen (secondary N) is 1. The van der Waals surface area contributed by atoms with E-state index in [-0.39, 0.29) is 6.54 Å². The number of hydrogen-bond acceptors (Lipinski definition) is 3. The Kier molecular flexibility index (Phi) is 4.55. The van der Waals surface area contributed by atoms with E-state index in [1.165, 1.54) is 0 Å². The first-order chi connectivity index (χ1) is 7.09. The highest BCUT2D eigenvalue weighted by Gasteiger charge is 2.09. The van der Waals surface area contributed by atoms with E-state index in [1.807, 2.05) is 18.2 Å². The maximum atomic E-state index is 10.5. The van der Waals surface area contributed by atoms with Gasteiger partial charge in [-0.2, -0.15) is 0 Å². The summed E-state index contributed by atoms with van der Waals surface area (Å²) in [6.45, 7) is 0.673. The number of carbonyl (C=O) groups excluding carboxylic acids is 1. The molecule has 0 aliphatic carbocycles. The second kappa shape index (κ2) is 5.70. The second-order valence-electron chi connectivity index (χ2n) is 3.18. The molecule has 1 rings (SSSR count). The van der Waals surface area contributed by atoms with E-state index in [2.05, 4.69) is 5.32 Å². The van der Waals surface area contributed by atoms with Crippen molar-refractivity contribution in [2.24, 2.45) is 5.73 Å². The smallest absolute Gasteiger partial charge is 0.247 e. The van der Waals surface area contributed by atoms with Crippen LogP contribution in [-0.4, -0.2) is 23.7 Å². The predicted octanol–water partition coefficient (Wildman–Crippen LogP) is 0.276. The summed E-state index contributed by atoms with van der Waals surface area (Å²) in [4.78, 5) is 10.5. The molecule has 0 heterocycles. The summed E-state index contributed by atoms with van der Waals surface area (Å²) in [5.74, 6) is -0.728.